The molecular weight excluding hydrogens is 572 g/mol. The number of carbonyl (C=O) groups is 2. The van der Waals surface area contributed by atoms with E-state index in [4.69, 9.17) is 10.2 Å². The molecule has 2 rings (SSSR count). The number of carboxylic acids is 2. The minimum absolute atomic E-state index is 0.884. The molecule has 4 atom stereocenters. The largest absolute Gasteiger partial charge is 0.479 e. The highest BCUT2D eigenvalue weighted by Gasteiger charge is 2.99. The van der Waals surface area contributed by atoms with Crippen LogP contribution in [0, 0.1) is 5.41 Å². The first-order valence-corrected chi connectivity index (χ1v) is 9.29. The Hall–Kier alpha value is -2.18. The third kappa shape index (κ3) is 2.74. The van der Waals surface area contributed by atoms with E-state index in [-0.39, 0.29) is 0 Å². The lowest BCUT2D eigenvalue weighted by Crippen LogP contribution is -2.86. The molecule has 2 aliphatic rings. The van der Waals surface area contributed by atoms with E-state index in [2.05, 4.69) is 0 Å². The van der Waals surface area contributed by atoms with Gasteiger partial charge in [-0.1, -0.05) is 13.8 Å². The lowest BCUT2D eigenvalue weighted by Gasteiger charge is -2.61. The van der Waals surface area contributed by atoms with E-state index in [1.807, 2.05) is 0 Å². The molecule has 0 amide bonds. The Kier molecular flexibility index (Phi) is 5.92. The molecule has 0 heterocycles. The summed E-state index contributed by atoms with van der Waals surface area (Å²) in [6.07, 6.45) is -7.98. The molecule has 0 aliphatic heterocycles. The van der Waals surface area contributed by atoms with Crippen LogP contribution in [0.25, 0.3) is 0 Å². The lowest BCUT2D eigenvalue weighted by atomic mass is 9.50. The van der Waals surface area contributed by atoms with Gasteiger partial charge in [0, 0.05) is 5.41 Å². The van der Waals surface area contributed by atoms with Crippen molar-refractivity contribution in [3.8, 4) is 0 Å². The second kappa shape index (κ2) is 7.06. The van der Waals surface area contributed by atoms with E-state index in [9.17, 15) is 71.1 Å². The molecule has 2 N–H and O–H groups in total. The molecule has 0 bridgehead atoms. The first-order valence-electron chi connectivity index (χ1n) is 9.29. The van der Waals surface area contributed by atoms with Crippen molar-refractivity contribution in [2.24, 2.45) is 5.41 Å². The average molecular weight is 584 g/mol. The summed E-state index contributed by atoms with van der Waals surface area (Å²) < 4.78 is 232. The van der Waals surface area contributed by atoms with Crippen LogP contribution in [-0.4, -0.2) is 80.4 Å². The topological polar surface area (TPSA) is 74.6 Å². The molecule has 2 aliphatic carbocycles. The van der Waals surface area contributed by atoms with Crippen molar-refractivity contribution in [3.05, 3.63) is 0 Å². The normalized spacial score (nSPS) is 41.6. The molecule has 0 aromatic heterocycles. The van der Waals surface area contributed by atoms with Gasteiger partial charge in [0.1, 0.15) is 0 Å². The molecule has 2 saturated carbocycles. The minimum Gasteiger partial charge on any atom is -0.479 e. The zero-order chi connectivity index (χ0) is 30.1. The molecule has 20 heteroatoms. The van der Waals surface area contributed by atoms with Gasteiger partial charge in [-0.05, 0) is 0 Å². The maximum atomic E-state index is 15.6. The molecule has 0 aromatic rings. The molecule has 0 spiro atoms. The van der Waals surface area contributed by atoms with Crippen LogP contribution in [0.3, 0.4) is 0 Å². The van der Waals surface area contributed by atoms with Crippen LogP contribution in [0.1, 0.15) is 26.7 Å². The highest BCUT2D eigenvalue weighted by molar-refractivity contribution is 5.82. The van der Waals surface area contributed by atoms with Crippen molar-refractivity contribution in [1.82, 2.24) is 0 Å². The number of hydrogen-bond donors (Lipinski definition) is 2. The summed E-state index contributed by atoms with van der Waals surface area (Å²) in [7, 11) is 0. The number of carboxylic acid groups (broad SMARTS) is 2. The Labute approximate surface area is 193 Å². The van der Waals surface area contributed by atoms with E-state index in [0.717, 1.165) is 0 Å². The Bertz CT molecular complexity index is 949. The summed E-state index contributed by atoms with van der Waals surface area (Å²) in [6.45, 7) is -1.77. The summed E-state index contributed by atoms with van der Waals surface area (Å²) >= 11 is 0. The predicted molar refractivity (Wildman–Crippen MR) is 83.3 cm³/mol. The smallest absolute Gasteiger partial charge is 0.363 e. The van der Waals surface area contributed by atoms with Gasteiger partial charge in [0.2, 0.25) is 0 Å². The van der Waals surface area contributed by atoms with Gasteiger partial charge in [-0.25, -0.2) is 44.7 Å². The summed E-state index contributed by atoms with van der Waals surface area (Å²) in [4.78, 5) is 21.5. The molecule has 4 nitrogen and oxygen atoms in total. The van der Waals surface area contributed by atoms with Crippen molar-refractivity contribution in [2.75, 3.05) is 0 Å². The van der Waals surface area contributed by atoms with Crippen molar-refractivity contribution in [2.45, 2.75) is 84.9 Å². The van der Waals surface area contributed by atoms with Gasteiger partial charge >= 0.3 is 58.8 Å². The summed E-state index contributed by atoms with van der Waals surface area (Å²) in [5.41, 5.74) is -31.8. The Balaban J connectivity index is 2.98. The zero-order valence-corrected chi connectivity index (χ0v) is 17.7. The molecule has 4 unspecified atom stereocenters. The number of alkyl halides is 16. The van der Waals surface area contributed by atoms with E-state index in [0.29, 0.717) is 0 Å². The van der Waals surface area contributed by atoms with Gasteiger partial charge in [0.25, 0.3) is 0 Å². The second-order valence-corrected chi connectivity index (χ2v) is 9.21. The third-order valence-corrected chi connectivity index (χ3v) is 7.16. The molecule has 37 heavy (non-hydrogen) atoms. The Morgan fingerprint density at radius 2 is 0.730 bits per heavy atom. The van der Waals surface area contributed by atoms with Gasteiger partial charge in [-0.2, -0.15) is 35.1 Å². The minimum atomic E-state index is -7.50. The SMILES string of the molecule is CC(C)(C1(F)CC(F)(F)C(F)(C(=O)O)C(F)(F)C1(F)F)C1(F)CC(F)(F)C(F)(C(=O)O)C(F)(F)C1(F)F. The molecule has 0 aromatic carbocycles. The van der Waals surface area contributed by atoms with Crippen LogP contribution < -0.4 is 0 Å². The van der Waals surface area contributed by atoms with Crippen molar-refractivity contribution >= 4 is 11.9 Å². The average Bonchev–Trinajstić information content (AvgIpc) is 2.68. The standard InChI is InChI=1S/C17H12F16O4/c1-7(2,8(18)3-10(20,21)12(24,5(34)35)16(30,31)14(8,26)27)9(19)4-11(22,23)13(25,6(36)37)17(32,33)15(9,28)29/h3-4H2,1-2H3,(H,34,35)(H,36,37). The zero-order valence-electron chi connectivity index (χ0n) is 17.7. The van der Waals surface area contributed by atoms with E-state index in [1.54, 1.807) is 0 Å². The second-order valence-electron chi connectivity index (χ2n) is 9.21. The van der Waals surface area contributed by atoms with Crippen molar-refractivity contribution in [3.63, 3.8) is 0 Å². The molecule has 0 radical (unpaired) electrons. The summed E-state index contributed by atoms with van der Waals surface area (Å²) in [5, 5.41) is 16.8. The van der Waals surface area contributed by atoms with Crippen molar-refractivity contribution < 1.29 is 90.0 Å². The fourth-order valence-corrected chi connectivity index (χ4v) is 4.59. The number of halogens is 16. The number of rotatable bonds is 4. The number of aliphatic carboxylic acids is 2. The van der Waals surface area contributed by atoms with Crippen molar-refractivity contribution in [1.29, 1.82) is 0 Å². The van der Waals surface area contributed by atoms with Gasteiger partial charge in [0.05, 0.1) is 12.8 Å². The van der Waals surface area contributed by atoms with Crippen LogP contribution in [0.5, 0.6) is 0 Å². The lowest BCUT2D eigenvalue weighted by molar-refractivity contribution is -0.437. The van der Waals surface area contributed by atoms with Gasteiger partial charge in [-0.3, -0.25) is 0 Å². The van der Waals surface area contributed by atoms with Gasteiger partial charge in [-0.15, -0.1) is 0 Å². The van der Waals surface area contributed by atoms with E-state index >= 15 is 8.78 Å². The fourth-order valence-electron chi connectivity index (χ4n) is 4.59. The molecule has 0 saturated heterocycles. The highest BCUT2D eigenvalue weighted by atomic mass is 19.3. The molecular formula is C17H12F16O4. The van der Waals surface area contributed by atoms with Crippen LogP contribution >= 0.6 is 0 Å². The van der Waals surface area contributed by atoms with Crippen LogP contribution in [0.4, 0.5) is 70.2 Å². The molecule has 2 fully saturated rings. The quantitative estimate of drug-likeness (QED) is 0.420. The van der Waals surface area contributed by atoms with Crippen LogP contribution in [-0.2, 0) is 9.59 Å². The first kappa shape index (κ1) is 31.0. The van der Waals surface area contributed by atoms with E-state index < -0.39 is 102 Å². The predicted octanol–water partition coefficient (Wildman–Crippen LogP) is 5.63. The monoisotopic (exact) mass is 584 g/mol. The highest BCUT2D eigenvalue weighted by Crippen LogP contribution is 2.74. The Morgan fingerprint density at radius 1 is 0.514 bits per heavy atom. The maximum absolute atomic E-state index is 15.6. The summed E-state index contributed by atoms with van der Waals surface area (Å²) in [5.74, 6) is -51.0. The third-order valence-electron chi connectivity index (χ3n) is 7.16. The molecule has 216 valence electrons. The number of hydrogen-bond acceptors (Lipinski definition) is 2. The fraction of sp³-hybridized carbons (Fsp3) is 0.882. The summed E-state index contributed by atoms with van der Waals surface area (Å²) in [6, 6.07) is 0. The van der Waals surface area contributed by atoms with Gasteiger partial charge < -0.3 is 10.2 Å². The van der Waals surface area contributed by atoms with Crippen LogP contribution in [0.2, 0.25) is 0 Å². The maximum Gasteiger partial charge on any atom is 0.363 e. The Morgan fingerprint density at radius 3 is 0.919 bits per heavy atom. The van der Waals surface area contributed by atoms with Crippen LogP contribution in [0.15, 0.2) is 0 Å². The van der Waals surface area contributed by atoms with Gasteiger partial charge in [0.15, 0.2) is 11.3 Å². The van der Waals surface area contributed by atoms with E-state index in [1.165, 1.54) is 0 Å². The first-order chi connectivity index (χ1) is 15.8.